The maximum absolute atomic E-state index is 3.14. The lowest BCUT2D eigenvalue weighted by Crippen LogP contribution is -2.28. The van der Waals surface area contributed by atoms with E-state index >= 15 is 0 Å². The molecule has 0 aliphatic carbocycles. The Labute approximate surface area is 69.9 Å². The molecule has 3 heteroatoms. The molecule has 0 fully saturated rings. The summed E-state index contributed by atoms with van der Waals surface area (Å²) in [6.07, 6.45) is 5.24. The van der Waals surface area contributed by atoms with Gasteiger partial charge in [-0.15, -0.1) is 0 Å². The van der Waals surface area contributed by atoms with Crippen LogP contribution in [-0.4, -0.2) is 27.2 Å². The average molecular weight is 159 g/mol. The summed E-state index contributed by atoms with van der Waals surface area (Å²) >= 11 is 0. The normalized spacial score (nSPS) is 10.4. The second-order valence-electron chi connectivity index (χ2n) is 2.69. The van der Waals surface area contributed by atoms with Crippen molar-refractivity contribution >= 4 is 0 Å². The third kappa shape index (κ3) is 9.88. The van der Waals surface area contributed by atoms with Crippen molar-refractivity contribution in [3.63, 3.8) is 0 Å². The van der Waals surface area contributed by atoms with Crippen LogP contribution in [0.15, 0.2) is 0 Å². The van der Waals surface area contributed by atoms with Gasteiger partial charge in [-0.25, -0.2) is 0 Å². The fourth-order valence-electron chi connectivity index (χ4n) is 0.994. The van der Waals surface area contributed by atoms with E-state index < -0.39 is 0 Å². The lowest BCUT2D eigenvalue weighted by Gasteiger charge is -2.02. The fourth-order valence-corrected chi connectivity index (χ4v) is 0.994. The van der Waals surface area contributed by atoms with Crippen molar-refractivity contribution in [2.45, 2.75) is 25.7 Å². The van der Waals surface area contributed by atoms with Gasteiger partial charge in [-0.05, 0) is 33.5 Å². The van der Waals surface area contributed by atoms with Crippen molar-refractivity contribution < 1.29 is 0 Å². The Bertz CT molecular complexity index is 58.4. The monoisotopic (exact) mass is 159 g/mol. The van der Waals surface area contributed by atoms with E-state index in [2.05, 4.69) is 16.2 Å². The molecule has 0 aromatic carbocycles. The molecule has 0 rings (SSSR count). The Balaban J connectivity index is 2.69. The minimum atomic E-state index is 1.08. The van der Waals surface area contributed by atoms with E-state index in [1.165, 1.54) is 25.7 Å². The quantitative estimate of drug-likeness (QED) is 0.356. The Kier molecular flexibility index (Phi) is 9.77. The SMILES string of the molecule is CNCCCCCCNNC. The summed E-state index contributed by atoms with van der Waals surface area (Å²) in [4.78, 5) is 0. The number of hydrogen-bond acceptors (Lipinski definition) is 3. The highest BCUT2D eigenvalue weighted by molar-refractivity contribution is 4.46. The van der Waals surface area contributed by atoms with Crippen LogP contribution in [0.4, 0.5) is 0 Å². The standard InChI is InChI=1S/C8H21N3/c1-9-7-5-3-4-6-8-11-10-2/h9-11H,3-8H2,1-2H3. The molecule has 0 saturated heterocycles. The van der Waals surface area contributed by atoms with Crippen molar-refractivity contribution in [3.8, 4) is 0 Å². The molecule has 0 aliphatic heterocycles. The molecule has 0 saturated carbocycles. The predicted octanol–water partition coefficient (Wildman–Crippen LogP) is 0.490. The summed E-state index contributed by atoms with van der Waals surface area (Å²) in [7, 11) is 3.91. The fraction of sp³-hybridized carbons (Fsp3) is 1.00. The zero-order valence-electron chi connectivity index (χ0n) is 7.74. The molecule has 0 amide bonds. The molecule has 0 unspecified atom stereocenters. The summed E-state index contributed by atoms with van der Waals surface area (Å²) in [5, 5.41) is 3.14. The first kappa shape index (κ1) is 10.9. The maximum Gasteiger partial charge on any atom is 0.00996 e. The molecule has 0 spiro atoms. The van der Waals surface area contributed by atoms with E-state index in [1.807, 2.05) is 14.1 Å². The van der Waals surface area contributed by atoms with Crippen LogP contribution in [0.3, 0.4) is 0 Å². The van der Waals surface area contributed by atoms with Crippen LogP contribution >= 0.6 is 0 Å². The van der Waals surface area contributed by atoms with Gasteiger partial charge in [0.05, 0.1) is 0 Å². The first-order chi connectivity index (χ1) is 5.41. The highest BCUT2D eigenvalue weighted by atomic mass is 15.3. The Morgan fingerprint density at radius 2 is 1.45 bits per heavy atom. The first-order valence-electron chi connectivity index (χ1n) is 4.46. The number of hydrogen-bond donors (Lipinski definition) is 3. The van der Waals surface area contributed by atoms with Crippen molar-refractivity contribution in [2.75, 3.05) is 27.2 Å². The molecule has 0 bridgehead atoms. The van der Waals surface area contributed by atoms with Crippen molar-refractivity contribution in [1.29, 1.82) is 0 Å². The van der Waals surface area contributed by atoms with E-state index in [-0.39, 0.29) is 0 Å². The Morgan fingerprint density at radius 1 is 0.818 bits per heavy atom. The van der Waals surface area contributed by atoms with Crippen molar-refractivity contribution in [1.82, 2.24) is 16.2 Å². The molecule has 0 aliphatic rings. The summed E-state index contributed by atoms with van der Waals surface area (Å²) in [5.74, 6) is 0. The van der Waals surface area contributed by atoms with E-state index in [0.717, 1.165) is 13.1 Å². The predicted molar refractivity (Wildman–Crippen MR) is 49.5 cm³/mol. The van der Waals surface area contributed by atoms with Gasteiger partial charge in [-0.3, -0.25) is 10.9 Å². The molecule has 0 heterocycles. The van der Waals surface area contributed by atoms with E-state index in [1.54, 1.807) is 0 Å². The van der Waals surface area contributed by atoms with E-state index in [4.69, 9.17) is 0 Å². The Hall–Kier alpha value is -0.120. The topological polar surface area (TPSA) is 36.1 Å². The molecule has 3 N–H and O–H groups in total. The van der Waals surface area contributed by atoms with Gasteiger partial charge in [0.2, 0.25) is 0 Å². The van der Waals surface area contributed by atoms with Crippen molar-refractivity contribution in [2.24, 2.45) is 0 Å². The van der Waals surface area contributed by atoms with Gasteiger partial charge in [-0.1, -0.05) is 12.8 Å². The largest absolute Gasteiger partial charge is 0.320 e. The number of rotatable bonds is 8. The van der Waals surface area contributed by atoms with Crippen LogP contribution in [0.25, 0.3) is 0 Å². The molecule has 11 heavy (non-hydrogen) atoms. The summed E-state index contributed by atoms with van der Waals surface area (Å²) in [6.45, 7) is 2.23. The second-order valence-corrected chi connectivity index (χ2v) is 2.69. The van der Waals surface area contributed by atoms with Crippen LogP contribution in [0.2, 0.25) is 0 Å². The second kappa shape index (κ2) is 9.88. The van der Waals surface area contributed by atoms with Crippen molar-refractivity contribution in [3.05, 3.63) is 0 Å². The van der Waals surface area contributed by atoms with E-state index in [9.17, 15) is 0 Å². The molecular weight excluding hydrogens is 138 g/mol. The maximum atomic E-state index is 3.14. The van der Waals surface area contributed by atoms with Crippen LogP contribution in [0, 0.1) is 0 Å². The molecule has 0 atom stereocenters. The number of hydrazine groups is 1. The zero-order valence-corrected chi connectivity index (χ0v) is 7.74. The molecule has 68 valence electrons. The molecule has 0 radical (unpaired) electrons. The average Bonchev–Trinajstić information content (AvgIpc) is 2.03. The van der Waals surface area contributed by atoms with Crippen LogP contribution in [0.5, 0.6) is 0 Å². The van der Waals surface area contributed by atoms with Gasteiger partial charge in [0.15, 0.2) is 0 Å². The molecule has 0 aromatic heterocycles. The third-order valence-electron chi connectivity index (χ3n) is 1.66. The molecule has 0 aromatic rings. The minimum absolute atomic E-state index is 1.08. The number of unbranched alkanes of at least 4 members (excludes halogenated alkanes) is 3. The summed E-state index contributed by atoms with van der Waals surface area (Å²) < 4.78 is 0. The van der Waals surface area contributed by atoms with Gasteiger partial charge in [0.1, 0.15) is 0 Å². The lowest BCUT2D eigenvalue weighted by molar-refractivity contribution is 0.539. The van der Waals surface area contributed by atoms with Crippen LogP contribution in [0.1, 0.15) is 25.7 Å². The highest BCUT2D eigenvalue weighted by Crippen LogP contribution is 1.96. The van der Waals surface area contributed by atoms with Crippen LogP contribution < -0.4 is 16.2 Å². The Morgan fingerprint density at radius 3 is 2.00 bits per heavy atom. The third-order valence-corrected chi connectivity index (χ3v) is 1.66. The van der Waals surface area contributed by atoms with Gasteiger partial charge in [0, 0.05) is 6.54 Å². The zero-order chi connectivity index (χ0) is 8.36. The van der Waals surface area contributed by atoms with Gasteiger partial charge in [-0.2, -0.15) is 0 Å². The number of nitrogens with one attached hydrogen (secondary N) is 3. The van der Waals surface area contributed by atoms with E-state index in [0.29, 0.717) is 0 Å². The van der Waals surface area contributed by atoms with Gasteiger partial charge < -0.3 is 5.32 Å². The first-order valence-corrected chi connectivity index (χ1v) is 4.46. The molecular formula is C8H21N3. The minimum Gasteiger partial charge on any atom is -0.320 e. The van der Waals surface area contributed by atoms with Gasteiger partial charge >= 0.3 is 0 Å². The smallest absolute Gasteiger partial charge is 0.00996 e. The molecule has 3 nitrogen and oxygen atoms in total. The van der Waals surface area contributed by atoms with Crippen LogP contribution in [-0.2, 0) is 0 Å². The highest BCUT2D eigenvalue weighted by Gasteiger charge is 1.87. The lowest BCUT2D eigenvalue weighted by atomic mass is 10.2. The van der Waals surface area contributed by atoms with Gasteiger partial charge in [0.25, 0.3) is 0 Å². The summed E-state index contributed by atoms with van der Waals surface area (Å²) in [5.41, 5.74) is 5.98. The summed E-state index contributed by atoms with van der Waals surface area (Å²) in [6, 6.07) is 0.